The van der Waals surface area contributed by atoms with Crippen LogP contribution in [0.5, 0.6) is 0 Å². The minimum absolute atomic E-state index is 0.00677. The number of carbonyl (C=O) groups excluding carboxylic acids is 6. The van der Waals surface area contributed by atoms with Crippen LogP contribution in [0.25, 0.3) is 11.2 Å². The van der Waals surface area contributed by atoms with Crippen LogP contribution in [-0.2, 0) is 40.0 Å². The Bertz CT molecular complexity index is 1880. The number of rotatable bonds is 19. The Balaban J connectivity index is 0.00000211. The number of benzene rings is 1. The van der Waals surface area contributed by atoms with Crippen LogP contribution in [0.15, 0.2) is 47.4 Å². The average Bonchev–Trinajstić information content (AvgIpc) is 3.55. The molecular formula is C38H52N10O9. The molecule has 0 saturated heterocycles. The molecule has 0 bridgehead atoms. The second-order valence-corrected chi connectivity index (χ2v) is 12.6. The number of nitrogens with two attached hydrogens (primary N) is 1. The Hall–Kier alpha value is -6.08. The number of carbonyl (C=O) groups is 6. The van der Waals surface area contributed by atoms with Crippen LogP contribution >= 0.6 is 0 Å². The molecule has 3 heterocycles. The number of imide groups is 1. The summed E-state index contributed by atoms with van der Waals surface area (Å²) in [6.07, 6.45) is 8.94. The maximum absolute atomic E-state index is 12.6. The first-order chi connectivity index (χ1) is 27.6. The first-order valence-electron chi connectivity index (χ1n) is 18.9. The number of anilines is 2. The van der Waals surface area contributed by atoms with E-state index in [2.05, 4.69) is 41.2 Å². The zero-order chi connectivity index (χ0) is 41.6. The number of H-pyrrole nitrogens is 1. The van der Waals surface area contributed by atoms with E-state index in [1.165, 1.54) is 18.3 Å². The fraction of sp³-hybridized carbons (Fsp3) is 0.474. The number of nitrogens with zero attached hydrogens (tertiary/aromatic N) is 4. The van der Waals surface area contributed by atoms with Gasteiger partial charge in [0.05, 0.1) is 31.6 Å². The summed E-state index contributed by atoms with van der Waals surface area (Å²) < 4.78 is 12.2. The molecule has 0 radical (unpaired) electrons. The minimum atomic E-state index is -0.784. The lowest BCUT2D eigenvalue weighted by Gasteiger charge is -2.37. The molecule has 19 heteroatoms. The van der Waals surface area contributed by atoms with Gasteiger partial charge in [0.25, 0.3) is 23.3 Å². The van der Waals surface area contributed by atoms with Crippen molar-refractivity contribution in [1.82, 2.24) is 40.8 Å². The van der Waals surface area contributed by atoms with Gasteiger partial charge < -0.3 is 41.3 Å². The molecule has 1 saturated carbocycles. The van der Waals surface area contributed by atoms with Gasteiger partial charge in [-0.1, -0.05) is 20.3 Å². The number of nitrogen functional groups attached to an aromatic ring is 1. The SMILES string of the molecule is C=O.CC.Nc1nc2ncc(CNc3ccc(C(=O)NCCCC(=O)NCCOC4(OCCNC(=O)CCN5C(=O)C=CC5=O)CCCCC4)cc3)nc2c(=O)[nH]1. The molecular weight excluding hydrogens is 740 g/mol. The van der Waals surface area contributed by atoms with Gasteiger partial charge in [-0.25, -0.2) is 9.97 Å². The maximum Gasteiger partial charge on any atom is 0.280 e. The number of aromatic amines is 1. The average molecular weight is 793 g/mol. The van der Waals surface area contributed by atoms with Crippen molar-refractivity contribution in [1.29, 1.82) is 0 Å². The van der Waals surface area contributed by atoms with Gasteiger partial charge in [-0.05, 0) is 43.5 Å². The molecule has 2 aliphatic rings. The molecule has 3 aromatic rings. The van der Waals surface area contributed by atoms with E-state index in [4.69, 9.17) is 20.0 Å². The van der Waals surface area contributed by atoms with Gasteiger partial charge in [-0.15, -0.1) is 0 Å². The highest BCUT2D eigenvalue weighted by Crippen LogP contribution is 2.32. The van der Waals surface area contributed by atoms with Crippen molar-refractivity contribution < 1.29 is 38.2 Å². The number of aromatic nitrogens is 4. The molecule has 1 aromatic carbocycles. The van der Waals surface area contributed by atoms with Gasteiger partial charge in [0.15, 0.2) is 17.0 Å². The molecule has 1 aliphatic carbocycles. The molecule has 5 amide bonds. The van der Waals surface area contributed by atoms with E-state index in [0.717, 1.165) is 29.8 Å². The van der Waals surface area contributed by atoms with Gasteiger partial charge in [0, 0.05) is 75.3 Å². The number of nitrogens with one attached hydrogen (secondary N) is 5. The van der Waals surface area contributed by atoms with Gasteiger partial charge in [-0.3, -0.25) is 38.7 Å². The lowest BCUT2D eigenvalue weighted by atomic mass is 9.94. The third-order valence-corrected chi connectivity index (χ3v) is 8.63. The highest BCUT2D eigenvalue weighted by molar-refractivity contribution is 6.13. The quantitative estimate of drug-likeness (QED) is 0.0571. The van der Waals surface area contributed by atoms with Crippen LogP contribution in [0.3, 0.4) is 0 Å². The second kappa shape index (κ2) is 23.8. The molecule has 7 N–H and O–H groups in total. The molecule has 0 atom stereocenters. The molecule has 2 aromatic heterocycles. The first-order valence-corrected chi connectivity index (χ1v) is 18.9. The van der Waals surface area contributed by atoms with Gasteiger partial charge in [-0.2, -0.15) is 4.98 Å². The summed E-state index contributed by atoms with van der Waals surface area (Å²) in [5, 5.41) is 11.6. The van der Waals surface area contributed by atoms with Crippen LogP contribution in [0, 0.1) is 0 Å². The van der Waals surface area contributed by atoms with Crippen molar-refractivity contribution in [2.75, 3.05) is 50.4 Å². The maximum atomic E-state index is 12.6. The Morgan fingerprint density at radius 2 is 1.47 bits per heavy atom. The third-order valence-electron chi connectivity index (χ3n) is 8.63. The fourth-order valence-electron chi connectivity index (χ4n) is 5.86. The predicted molar refractivity (Wildman–Crippen MR) is 210 cm³/mol. The summed E-state index contributed by atoms with van der Waals surface area (Å²) in [7, 11) is 0. The van der Waals surface area contributed by atoms with E-state index in [0.29, 0.717) is 43.6 Å². The van der Waals surface area contributed by atoms with Crippen molar-refractivity contribution in [3.8, 4) is 0 Å². The van der Waals surface area contributed by atoms with Crippen molar-refractivity contribution in [3.05, 3.63) is 64.2 Å². The van der Waals surface area contributed by atoms with Crippen LogP contribution < -0.4 is 32.6 Å². The smallest absolute Gasteiger partial charge is 0.280 e. The van der Waals surface area contributed by atoms with E-state index < -0.39 is 23.2 Å². The Labute approximate surface area is 330 Å². The summed E-state index contributed by atoms with van der Waals surface area (Å²) >= 11 is 0. The number of fused-ring (bicyclic) bond motifs is 1. The number of amides is 5. The molecule has 0 spiro atoms. The lowest BCUT2D eigenvalue weighted by Crippen LogP contribution is -2.42. The Morgan fingerprint density at radius 1 is 0.860 bits per heavy atom. The van der Waals surface area contributed by atoms with E-state index in [9.17, 15) is 28.8 Å². The van der Waals surface area contributed by atoms with E-state index in [1.807, 2.05) is 20.6 Å². The highest BCUT2D eigenvalue weighted by atomic mass is 16.7. The monoisotopic (exact) mass is 792 g/mol. The van der Waals surface area contributed by atoms with E-state index in [-0.39, 0.29) is 80.5 Å². The summed E-state index contributed by atoms with van der Waals surface area (Å²) in [6.45, 7) is 7.67. The molecule has 308 valence electrons. The molecule has 0 unspecified atom stereocenters. The van der Waals surface area contributed by atoms with Crippen LogP contribution in [-0.4, -0.2) is 106 Å². The van der Waals surface area contributed by atoms with Gasteiger partial charge >= 0.3 is 0 Å². The number of hydrogen-bond donors (Lipinski definition) is 6. The van der Waals surface area contributed by atoms with Crippen molar-refractivity contribution in [2.24, 2.45) is 0 Å². The zero-order valence-electron chi connectivity index (χ0n) is 32.4. The molecule has 57 heavy (non-hydrogen) atoms. The van der Waals surface area contributed by atoms with E-state index in [1.54, 1.807) is 24.3 Å². The van der Waals surface area contributed by atoms with Crippen LogP contribution in [0.2, 0.25) is 0 Å². The highest BCUT2D eigenvalue weighted by Gasteiger charge is 2.34. The Morgan fingerprint density at radius 3 is 2.11 bits per heavy atom. The normalized spacial score (nSPS) is 14.2. The van der Waals surface area contributed by atoms with Gasteiger partial charge in [0.1, 0.15) is 6.79 Å². The van der Waals surface area contributed by atoms with Crippen LogP contribution in [0.1, 0.15) is 81.3 Å². The van der Waals surface area contributed by atoms with E-state index >= 15 is 0 Å². The minimum Gasteiger partial charge on any atom is -0.379 e. The van der Waals surface area contributed by atoms with Gasteiger partial charge in [0.2, 0.25) is 17.8 Å². The third kappa shape index (κ3) is 14.5. The van der Waals surface area contributed by atoms with Crippen molar-refractivity contribution >= 4 is 59.1 Å². The number of hydrogen-bond acceptors (Lipinski definition) is 14. The molecule has 19 nitrogen and oxygen atoms in total. The number of ether oxygens (including phenoxy) is 2. The Kier molecular flexibility index (Phi) is 18.9. The fourth-order valence-corrected chi connectivity index (χ4v) is 5.86. The largest absolute Gasteiger partial charge is 0.379 e. The topological polar surface area (TPSA) is 270 Å². The zero-order valence-corrected chi connectivity index (χ0v) is 32.4. The first kappa shape index (κ1) is 45.3. The summed E-state index contributed by atoms with van der Waals surface area (Å²) in [5.74, 6) is -2.37. The predicted octanol–water partition coefficient (Wildman–Crippen LogP) is 1.50. The standard InChI is InChI=1S/C35H44N10O8.C2H6.CH2O/c36-34-43-31-30(33(51)44-34)42-25(22-41-31)21-40-24-8-6-23(7-9-24)32(50)39-15-4-5-26(46)37-16-19-52-35(13-2-1-3-14-35)53-20-17-38-27(47)12-18-45-28(48)10-11-29(45)49;2*1-2/h6-11,22,40H,1-5,12-21H2,(H,37,46)(H,38,47)(H,39,50)(H3,36,41,43,44,51);1-2H3;1H2. The van der Waals surface area contributed by atoms with Crippen LogP contribution in [0.4, 0.5) is 11.6 Å². The van der Waals surface area contributed by atoms with Crippen molar-refractivity contribution in [3.63, 3.8) is 0 Å². The molecule has 5 rings (SSSR count). The second-order valence-electron chi connectivity index (χ2n) is 12.6. The summed E-state index contributed by atoms with van der Waals surface area (Å²) in [6, 6.07) is 6.85. The summed E-state index contributed by atoms with van der Waals surface area (Å²) in [5.41, 5.74) is 7.05. The molecule has 1 fully saturated rings. The summed E-state index contributed by atoms with van der Waals surface area (Å²) in [4.78, 5) is 96.3. The lowest BCUT2D eigenvalue weighted by molar-refractivity contribution is -0.250. The molecule has 1 aliphatic heterocycles. The van der Waals surface area contributed by atoms with Crippen molar-refractivity contribution in [2.45, 2.75) is 77.5 Å².